The molecule has 0 fully saturated rings. The van der Waals surface area contributed by atoms with E-state index in [2.05, 4.69) is 5.32 Å². The molecule has 0 aliphatic rings. The molecule has 0 aromatic heterocycles. The van der Waals surface area contributed by atoms with Crippen LogP contribution in [0.3, 0.4) is 0 Å². The van der Waals surface area contributed by atoms with Crippen LogP contribution in [0.5, 0.6) is 0 Å². The molecule has 2 N–H and O–H groups in total. The molecule has 3 nitrogen and oxygen atoms in total. The van der Waals surface area contributed by atoms with E-state index < -0.39 is 5.97 Å². The van der Waals surface area contributed by atoms with E-state index in [0.717, 1.165) is 12.3 Å². The maximum absolute atomic E-state index is 10.1. The van der Waals surface area contributed by atoms with Crippen LogP contribution < -0.4 is 5.32 Å². The molecule has 0 spiro atoms. The van der Waals surface area contributed by atoms with Crippen molar-refractivity contribution in [3.8, 4) is 0 Å². The summed E-state index contributed by atoms with van der Waals surface area (Å²) in [6.45, 7) is 2.85. The molecule has 0 aliphatic heterocycles. The molecule has 0 aromatic carbocycles. The Labute approximate surface area is 77.2 Å². The number of aliphatic carboxylic acids is 1. The first kappa shape index (κ1) is 11.4. The Kier molecular flexibility index (Phi) is 8.01. The third-order valence-corrected chi connectivity index (χ3v) is 2.12. The Balaban J connectivity index is 2.96. The average Bonchev–Trinajstić information content (AvgIpc) is 2.02. The lowest BCUT2D eigenvalue weighted by atomic mass is 10.5. The summed E-state index contributed by atoms with van der Waals surface area (Å²) in [5.41, 5.74) is 0. The molecule has 4 heteroatoms. The van der Waals surface area contributed by atoms with Gasteiger partial charge in [0.1, 0.15) is 0 Å². The summed E-state index contributed by atoms with van der Waals surface area (Å²) >= 11 is 1.65. The number of rotatable bonds is 7. The fourth-order valence-electron chi connectivity index (χ4n) is 0.594. The van der Waals surface area contributed by atoms with Crippen LogP contribution in [0.1, 0.15) is 13.3 Å². The van der Waals surface area contributed by atoms with Crippen molar-refractivity contribution in [2.45, 2.75) is 13.3 Å². The van der Waals surface area contributed by atoms with E-state index >= 15 is 0 Å². The van der Waals surface area contributed by atoms with Gasteiger partial charge in [0, 0.05) is 18.1 Å². The van der Waals surface area contributed by atoms with Crippen LogP contribution in [0.25, 0.3) is 0 Å². The van der Waals surface area contributed by atoms with Crippen LogP contribution in [0.15, 0.2) is 12.3 Å². The van der Waals surface area contributed by atoms with Gasteiger partial charge >= 0.3 is 5.97 Å². The van der Waals surface area contributed by atoms with E-state index in [0.29, 0.717) is 5.75 Å². The van der Waals surface area contributed by atoms with Gasteiger partial charge in [-0.2, -0.15) is 11.8 Å². The molecule has 70 valence electrons. The normalized spacial score (nSPS) is 10.4. The minimum atomic E-state index is -0.719. The second kappa shape index (κ2) is 8.46. The van der Waals surface area contributed by atoms with Crippen molar-refractivity contribution in [1.82, 2.24) is 5.32 Å². The number of hydrogen-bond acceptors (Lipinski definition) is 3. The number of nitrogens with one attached hydrogen (secondary N) is 1. The Bertz CT molecular complexity index is 148. The number of carbonyl (C=O) groups is 1. The Morgan fingerprint density at radius 2 is 2.33 bits per heavy atom. The smallest absolute Gasteiger partial charge is 0.304 e. The highest BCUT2D eigenvalue weighted by molar-refractivity contribution is 7.99. The van der Waals surface area contributed by atoms with Gasteiger partial charge in [-0.1, -0.05) is 6.08 Å². The van der Waals surface area contributed by atoms with Crippen LogP contribution >= 0.6 is 11.8 Å². The lowest BCUT2D eigenvalue weighted by Gasteiger charge is -1.99. The first-order valence-corrected chi connectivity index (χ1v) is 5.07. The van der Waals surface area contributed by atoms with Crippen LogP contribution in [-0.4, -0.2) is 29.1 Å². The molecule has 0 rings (SSSR count). The summed E-state index contributed by atoms with van der Waals surface area (Å²) in [5.74, 6) is 0.939. The Morgan fingerprint density at radius 3 is 2.92 bits per heavy atom. The lowest BCUT2D eigenvalue weighted by Crippen LogP contribution is -2.09. The van der Waals surface area contributed by atoms with Crippen molar-refractivity contribution in [3.63, 3.8) is 0 Å². The zero-order chi connectivity index (χ0) is 9.23. The molecule has 0 saturated carbocycles. The summed E-state index contributed by atoms with van der Waals surface area (Å²) in [4.78, 5) is 10.1. The maximum atomic E-state index is 10.1. The van der Waals surface area contributed by atoms with E-state index in [1.54, 1.807) is 11.8 Å². The van der Waals surface area contributed by atoms with Crippen LogP contribution in [0, 0.1) is 0 Å². The Morgan fingerprint density at radius 1 is 1.58 bits per heavy atom. The third kappa shape index (κ3) is 9.36. The van der Waals surface area contributed by atoms with Crippen LogP contribution in [0.4, 0.5) is 0 Å². The third-order valence-electron chi connectivity index (χ3n) is 1.14. The molecule has 12 heavy (non-hydrogen) atoms. The standard InChI is InChI=1S/C8H15NO2S/c1-2-4-9-5-7-12-6-3-8(10)11/h2,4,9H,3,5-7H2,1H3,(H,10,11). The topological polar surface area (TPSA) is 49.3 Å². The number of hydrogen-bond donors (Lipinski definition) is 2. The summed E-state index contributed by atoms with van der Waals surface area (Å²) < 4.78 is 0. The molecule has 0 radical (unpaired) electrons. The fraction of sp³-hybridized carbons (Fsp3) is 0.625. The second-order valence-corrected chi connectivity index (χ2v) is 3.43. The van der Waals surface area contributed by atoms with Crippen molar-refractivity contribution >= 4 is 17.7 Å². The summed E-state index contributed by atoms with van der Waals surface area (Å²) in [7, 11) is 0. The molecule has 0 atom stereocenters. The molecule has 0 aliphatic carbocycles. The van der Waals surface area contributed by atoms with Gasteiger partial charge in [0.15, 0.2) is 0 Å². The monoisotopic (exact) mass is 189 g/mol. The highest BCUT2D eigenvalue weighted by Crippen LogP contribution is 2.00. The largest absolute Gasteiger partial charge is 0.481 e. The fourth-order valence-corrected chi connectivity index (χ4v) is 1.38. The van der Waals surface area contributed by atoms with Crippen LogP contribution in [0.2, 0.25) is 0 Å². The van der Waals surface area contributed by atoms with Gasteiger partial charge in [-0.3, -0.25) is 4.79 Å². The molecule has 0 saturated heterocycles. The molecular weight excluding hydrogens is 174 g/mol. The molecule has 0 bridgehead atoms. The summed E-state index contributed by atoms with van der Waals surface area (Å²) in [6.07, 6.45) is 4.08. The molecule has 0 amide bonds. The predicted octanol–water partition coefficient (Wildman–Crippen LogP) is 1.32. The van der Waals surface area contributed by atoms with E-state index in [9.17, 15) is 4.79 Å². The quantitative estimate of drug-likeness (QED) is 0.593. The zero-order valence-corrected chi connectivity index (χ0v) is 8.06. The van der Waals surface area contributed by atoms with Gasteiger partial charge in [-0.05, 0) is 13.1 Å². The van der Waals surface area contributed by atoms with Crippen molar-refractivity contribution in [2.75, 3.05) is 18.1 Å². The van der Waals surface area contributed by atoms with Gasteiger partial charge in [0.2, 0.25) is 0 Å². The Hall–Kier alpha value is -0.640. The van der Waals surface area contributed by atoms with Crippen LogP contribution in [-0.2, 0) is 4.79 Å². The molecule has 0 heterocycles. The van der Waals surface area contributed by atoms with Crippen molar-refractivity contribution < 1.29 is 9.90 Å². The highest BCUT2D eigenvalue weighted by Gasteiger charge is 1.95. The van der Waals surface area contributed by atoms with Gasteiger partial charge in [0.05, 0.1) is 6.42 Å². The minimum absolute atomic E-state index is 0.258. The first-order valence-electron chi connectivity index (χ1n) is 3.91. The van der Waals surface area contributed by atoms with Crippen molar-refractivity contribution in [1.29, 1.82) is 0 Å². The first-order chi connectivity index (χ1) is 5.77. The second-order valence-electron chi connectivity index (χ2n) is 2.21. The van der Waals surface area contributed by atoms with Crippen molar-refractivity contribution in [2.24, 2.45) is 0 Å². The molecule has 0 aromatic rings. The molecule has 0 unspecified atom stereocenters. The van der Waals surface area contributed by atoms with Gasteiger partial charge in [0.25, 0.3) is 0 Å². The lowest BCUT2D eigenvalue weighted by molar-refractivity contribution is -0.136. The number of carboxylic acids is 1. The van der Waals surface area contributed by atoms with Gasteiger partial charge in [-0.25, -0.2) is 0 Å². The zero-order valence-electron chi connectivity index (χ0n) is 7.25. The van der Waals surface area contributed by atoms with Gasteiger partial charge < -0.3 is 10.4 Å². The SMILES string of the molecule is CC=CNCCSCCC(=O)O. The predicted molar refractivity (Wildman–Crippen MR) is 52.4 cm³/mol. The molecular formula is C8H15NO2S. The summed E-state index contributed by atoms with van der Waals surface area (Å²) in [6, 6.07) is 0. The maximum Gasteiger partial charge on any atom is 0.304 e. The average molecular weight is 189 g/mol. The van der Waals surface area contributed by atoms with E-state index in [1.807, 2.05) is 19.2 Å². The number of thioether (sulfide) groups is 1. The van der Waals surface area contributed by atoms with Crippen molar-refractivity contribution in [3.05, 3.63) is 12.3 Å². The van der Waals surface area contributed by atoms with E-state index in [4.69, 9.17) is 5.11 Å². The summed E-state index contributed by atoms with van der Waals surface area (Å²) in [5, 5.41) is 11.4. The minimum Gasteiger partial charge on any atom is -0.481 e. The number of allylic oxidation sites excluding steroid dienone is 1. The van der Waals surface area contributed by atoms with E-state index in [-0.39, 0.29) is 6.42 Å². The van der Waals surface area contributed by atoms with Gasteiger partial charge in [-0.15, -0.1) is 0 Å². The number of carboxylic acid groups (broad SMARTS) is 1. The van der Waals surface area contributed by atoms with E-state index in [1.165, 1.54) is 0 Å². The highest BCUT2D eigenvalue weighted by atomic mass is 32.2.